The van der Waals surface area contributed by atoms with Gasteiger partial charge in [0.2, 0.25) is 0 Å². The van der Waals surface area contributed by atoms with Crippen LogP contribution in [-0.2, 0) is 5.54 Å². The van der Waals surface area contributed by atoms with Crippen molar-refractivity contribution in [2.45, 2.75) is 37.6 Å². The first-order valence-corrected chi connectivity index (χ1v) is 8.85. The van der Waals surface area contributed by atoms with Gasteiger partial charge in [-0.25, -0.2) is 4.79 Å². The predicted molar refractivity (Wildman–Crippen MR) is 93.3 cm³/mol. The smallest absolute Gasteiger partial charge is 0.314 e. The van der Waals surface area contributed by atoms with Crippen molar-refractivity contribution >= 4 is 6.03 Å². The molecule has 4 nitrogen and oxygen atoms in total. The van der Waals surface area contributed by atoms with Crippen LogP contribution in [-0.4, -0.2) is 38.1 Å². The Morgan fingerprint density at radius 1 is 1.09 bits per heavy atom. The van der Waals surface area contributed by atoms with Gasteiger partial charge in [-0.05, 0) is 57.2 Å². The first kappa shape index (κ1) is 16.3. The van der Waals surface area contributed by atoms with Gasteiger partial charge in [0.1, 0.15) is 0 Å². The lowest BCUT2D eigenvalue weighted by atomic mass is 9.64. The summed E-state index contributed by atoms with van der Waals surface area (Å²) in [6, 6.07) is 10.7. The highest BCUT2D eigenvalue weighted by Crippen LogP contribution is 2.48. The van der Waals surface area contributed by atoms with Crippen LogP contribution in [0.15, 0.2) is 30.3 Å². The third kappa shape index (κ3) is 3.52. The van der Waals surface area contributed by atoms with Crippen LogP contribution in [0.25, 0.3) is 0 Å². The Morgan fingerprint density at radius 2 is 1.70 bits per heavy atom. The largest absolute Gasteiger partial charge is 0.338 e. The summed E-state index contributed by atoms with van der Waals surface area (Å²) in [6.07, 6.45) is 6.07. The summed E-state index contributed by atoms with van der Waals surface area (Å²) in [7, 11) is 4.31. The molecule has 0 heterocycles. The number of nitrogens with zero attached hydrogens (tertiary/aromatic N) is 1. The van der Waals surface area contributed by atoms with Crippen molar-refractivity contribution in [1.29, 1.82) is 0 Å². The number of rotatable bonds is 6. The van der Waals surface area contributed by atoms with Crippen molar-refractivity contribution in [2.24, 2.45) is 11.8 Å². The van der Waals surface area contributed by atoms with Crippen molar-refractivity contribution in [3.63, 3.8) is 0 Å². The van der Waals surface area contributed by atoms with Gasteiger partial charge in [-0.2, -0.15) is 0 Å². The number of nitrogens with one attached hydrogen (secondary N) is 2. The zero-order chi connectivity index (χ0) is 16.3. The Hall–Kier alpha value is -1.55. The SMILES string of the molecule is CN(C)[C@]1(c2ccccc2)C[C@@H](CNC(=O)NCC2CCC2)C1. The lowest BCUT2D eigenvalue weighted by molar-refractivity contribution is 0.00515. The molecule has 1 aromatic carbocycles. The van der Waals surface area contributed by atoms with E-state index in [-0.39, 0.29) is 11.6 Å². The average molecular weight is 315 g/mol. The Labute approximate surface area is 139 Å². The van der Waals surface area contributed by atoms with Crippen LogP contribution >= 0.6 is 0 Å². The molecule has 4 heteroatoms. The summed E-state index contributed by atoms with van der Waals surface area (Å²) >= 11 is 0. The van der Waals surface area contributed by atoms with Crippen LogP contribution in [0.1, 0.15) is 37.7 Å². The lowest BCUT2D eigenvalue weighted by Gasteiger charge is -2.52. The molecule has 2 aliphatic rings. The summed E-state index contributed by atoms with van der Waals surface area (Å²) in [5, 5.41) is 6.05. The number of hydrogen-bond acceptors (Lipinski definition) is 2. The van der Waals surface area contributed by atoms with Crippen molar-refractivity contribution in [3.05, 3.63) is 35.9 Å². The third-order valence-corrected chi connectivity index (χ3v) is 5.75. The van der Waals surface area contributed by atoms with Crippen molar-refractivity contribution in [3.8, 4) is 0 Å². The minimum absolute atomic E-state index is 0.000959. The molecule has 2 amide bonds. The molecule has 126 valence electrons. The van der Waals surface area contributed by atoms with Gasteiger partial charge in [0, 0.05) is 18.6 Å². The normalized spacial score (nSPS) is 27.2. The standard InChI is InChI=1S/C19H29N3O/c1-22(2)19(17-9-4-3-5-10-17)11-16(12-19)14-21-18(23)20-13-15-7-6-8-15/h3-5,9-10,15-16H,6-8,11-14H2,1-2H3,(H2,20,21,23)/t16-,19-. The molecule has 0 unspecified atom stereocenters. The topological polar surface area (TPSA) is 44.4 Å². The van der Waals surface area contributed by atoms with E-state index >= 15 is 0 Å². The summed E-state index contributed by atoms with van der Waals surface area (Å²) in [5.74, 6) is 1.27. The zero-order valence-corrected chi connectivity index (χ0v) is 14.3. The van der Waals surface area contributed by atoms with Gasteiger partial charge < -0.3 is 10.6 Å². The Kier molecular flexibility index (Phi) is 4.90. The Bertz CT molecular complexity index is 519. The van der Waals surface area contributed by atoms with Gasteiger partial charge in [0.25, 0.3) is 0 Å². The predicted octanol–water partition coefficient (Wildman–Crippen LogP) is 2.95. The molecule has 23 heavy (non-hydrogen) atoms. The minimum atomic E-state index is -0.000959. The monoisotopic (exact) mass is 315 g/mol. The van der Waals surface area contributed by atoms with Gasteiger partial charge >= 0.3 is 6.03 Å². The molecule has 0 aromatic heterocycles. The molecule has 0 aliphatic heterocycles. The number of carbonyl (C=O) groups excluding carboxylic acids is 1. The zero-order valence-electron chi connectivity index (χ0n) is 14.3. The number of carbonyl (C=O) groups is 1. The van der Waals surface area contributed by atoms with E-state index in [0.29, 0.717) is 11.8 Å². The molecular formula is C19H29N3O. The fourth-order valence-electron chi connectivity index (χ4n) is 3.88. The van der Waals surface area contributed by atoms with Crippen LogP contribution < -0.4 is 10.6 Å². The maximum atomic E-state index is 11.9. The van der Waals surface area contributed by atoms with Crippen LogP contribution in [0, 0.1) is 11.8 Å². The summed E-state index contributed by atoms with van der Waals surface area (Å²) in [6.45, 7) is 1.61. The second-order valence-corrected chi connectivity index (χ2v) is 7.45. The van der Waals surface area contributed by atoms with Crippen molar-refractivity contribution in [1.82, 2.24) is 15.5 Å². The highest BCUT2D eigenvalue weighted by molar-refractivity contribution is 5.73. The number of benzene rings is 1. The number of hydrogen-bond donors (Lipinski definition) is 2. The summed E-state index contributed by atoms with van der Waals surface area (Å²) in [4.78, 5) is 14.2. The van der Waals surface area contributed by atoms with Gasteiger partial charge in [-0.1, -0.05) is 36.8 Å². The maximum absolute atomic E-state index is 11.9. The van der Waals surface area contributed by atoms with E-state index in [0.717, 1.165) is 25.9 Å². The lowest BCUT2D eigenvalue weighted by Crippen LogP contribution is -2.54. The van der Waals surface area contributed by atoms with E-state index in [2.05, 4.69) is 60.0 Å². The molecular weight excluding hydrogens is 286 g/mol. The average Bonchev–Trinajstić information content (AvgIpc) is 2.45. The van der Waals surface area contributed by atoms with E-state index in [4.69, 9.17) is 0 Å². The van der Waals surface area contributed by atoms with Crippen LogP contribution in [0.4, 0.5) is 4.79 Å². The fraction of sp³-hybridized carbons (Fsp3) is 0.632. The second-order valence-electron chi connectivity index (χ2n) is 7.45. The van der Waals surface area contributed by atoms with Crippen molar-refractivity contribution in [2.75, 3.05) is 27.2 Å². The number of urea groups is 1. The van der Waals surface area contributed by atoms with Crippen LogP contribution in [0.3, 0.4) is 0 Å². The molecule has 0 atom stereocenters. The molecule has 2 aliphatic carbocycles. The maximum Gasteiger partial charge on any atom is 0.314 e. The number of amides is 2. The summed E-state index contributed by atoms with van der Waals surface area (Å²) in [5.41, 5.74) is 1.52. The van der Waals surface area contributed by atoms with Gasteiger partial charge in [0.15, 0.2) is 0 Å². The molecule has 2 N–H and O–H groups in total. The van der Waals surface area contributed by atoms with E-state index in [1.54, 1.807) is 0 Å². The highest BCUT2D eigenvalue weighted by Gasteiger charge is 2.46. The molecule has 0 saturated heterocycles. The molecule has 0 spiro atoms. The second kappa shape index (κ2) is 6.91. The molecule has 0 bridgehead atoms. The summed E-state index contributed by atoms with van der Waals surface area (Å²) < 4.78 is 0. The van der Waals surface area contributed by atoms with Crippen LogP contribution in [0.5, 0.6) is 0 Å². The third-order valence-electron chi connectivity index (χ3n) is 5.75. The van der Waals surface area contributed by atoms with E-state index in [9.17, 15) is 4.79 Å². The van der Waals surface area contributed by atoms with Gasteiger partial charge in [-0.15, -0.1) is 0 Å². The Morgan fingerprint density at radius 3 is 2.22 bits per heavy atom. The van der Waals surface area contributed by atoms with Crippen LogP contribution in [0.2, 0.25) is 0 Å². The van der Waals surface area contributed by atoms with Gasteiger partial charge in [0.05, 0.1) is 0 Å². The minimum Gasteiger partial charge on any atom is -0.338 e. The fourth-order valence-corrected chi connectivity index (χ4v) is 3.88. The van der Waals surface area contributed by atoms with E-state index < -0.39 is 0 Å². The van der Waals surface area contributed by atoms with E-state index in [1.807, 2.05) is 0 Å². The molecule has 2 saturated carbocycles. The molecule has 3 rings (SSSR count). The first-order chi connectivity index (χ1) is 11.1. The molecule has 2 fully saturated rings. The van der Waals surface area contributed by atoms with Crippen molar-refractivity contribution < 1.29 is 4.79 Å². The Balaban J connectivity index is 1.44. The van der Waals surface area contributed by atoms with Gasteiger partial charge in [-0.3, -0.25) is 4.90 Å². The highest BCUT2D eigenvalue weighted by atomic mass is 16.2. The first-order valence-electron chi connectivity index (χ1n) is 8.85. The van der Waals surface area contributed by atoms with E-state index in [1.165, 1.54) is 24.8 Å². The molecule has 0 radical (unpaired) electrons. The quantitative estimate of drug-likeness (QED) is 0.848. The molecule has 1 aromatic rings.